The molecule has 0 aromatic heterocycles. The molecule has 1 aliphatic carbocycles. The number of hydrogen-bond acceptors (Lipinski definition) is 6. The number of aliphatic hydroxyl groups is 1. The van der Waals surface area contributed by atoms with Gasteiger partial charge in [-0.05, 0) is 35.5 Å². The Morgan fingerprint density at radius 1 is 1.16 bits per heavy atom. The molecule has 0 aromatic rings. The minimum Gasteiger partial charge on any atom is -0.381 e. The zero-order chi connectivity index (χ0) is 29.2. The van der Waals surface area contributed by atoms with Crippen molar-refractivity contribution in [3.8, 4) is 0 Å². The summed E-state index contributed by atoms with van der Waals surface area (Å²) < 4.78 is 0. The molecule has 2 aliphatic heterocycles. The fraction of sp³-hybridized carbons (Fsp3) is 0.815. The second-order valence-corrected chi connectivity index (χ2v) is 13.6. The van der Waals surface area contributed by atoms with Crippen LogP contribution in [0.3, 0.4) is 0 Å². The Morgan fingerprint density at radius 2 is 1.71 bits per heavy atom. The van der Waals surface area contributed by atoms with E-state index < -0.39 is 29.5 Å². The van der Waals surface area contributed by atoms with E-state index in [9.17, 15) is 29.1 Å². The molecule has 3 rings (SSSR count). The molecule has 216 valence electrons. The topological polar surface area (TPSA) is 171 Å². The summed E-state index contributed by atoms with van der Waals surface area (Å²) in [4.78, 5) is 59.6. The van der Waals surface area contributed by atoms with Crippen molar-refractivity contribution in [2.45, 2.75) is 86.4 Å². The SMILES string of the molecule is CC(C)(C)C(=O)NC(C(=O)N1CC2C(C1)C2(C)C)C(C)(C)C.NC(=O)C(O)C(CC1CCNC1=O)NC=O. The Hall–Kier alpha value is -2.69. The van der Waals surface area contributed by atoms with Gasteiger partial charge in [0.25, 0.3) is 0 Å². The van der Waals surface area contributed by atoms with Crippen LogP contribution >= 0.6 is 0 Å². The van der Waals surface area contributed by atoms with Crippen LogP contribution in [0.25, 0.3) is 0 Å². The van der Waals surface area contributed by atoms with Gasteiger partial charge in [-0.15, -0.1) is 0 Å². The molecule has 0 radical (unpaired) electrons. The number of rotatable bonds is 8. The molecule has 1 saturated carbocycles. The largest absolute Gasteiger partial charge is 0.381 e. The summed E-state index contributed by atoms with van der Waals surface area (Å²) >= 11 is 0. The van der Waals surface area contributed by atoms with Crippen LogP contribution in [0.5, 0.6) is 0 Å². The second kappa shape index (κ2) is 11.6. The molecule has 6 N–H and O–H groups in total. The summed E-state index contributed by atoms with van der Waals surface area (Å²) in [7, 11) is 0. The van der Waals surface area contributed by atoms with E-state index in [-0.39, 0.29) is 35.5 Å². The standard InChI is InChI=1S/C18H32N2O2.C9H15N3O4/c1-16(2,3)13(19-15(22)17(4,5)6)14(21)20-9-11-12(10-20)18(11,7)8;10-8(15)7(14)6(12-4-13)3-5-1-2-11-9(5)16/h11-13H,9-10H2,1-8H3,(H,19,22);4-7,14H,1-3H2,(H2,10,15)(H,11,16)(H,12,13). The minimum absolute atomic E-state index is 0.0644. The van der Waals surface area contributed by atoms with Crippen molar-refractivity contribution in [2.24, 2.45) is 39.7 Å². The second-order valence-electron chi connectivity index (χ2n) is 13.6. The molecule has 6 atom stereocenters. The highest BCUT2D eigenvalue weighted by Gasteiger charge is 2.63. The number of nitrogens with two attached hydrogens (primary N) is 1. The van der Waals surface area contributed by atoms with Crippen LogP contribution < -0.4 is 21.7 Å². The first-order chi connectivity index (χ1) is 17.3. The van der Waals surface area contributed by atoms with Crippen LogP contribution in [0.2, 0.25) is 0 Å². The van der Waals surface area contributed by atoms with Crippen molar-refractivity contribution in [3.05, 3.63) is 0 Å². The Balaban J connectivity index is 0.000000281. The molecule has 3 fully saturated rings. The smallest absolute Gasteiger partial charge is 0.248 e. The van der Waals surface area contributed by atoms with Gasteiger partial charge in [0.15, 0.2) is 6.10 Å². The van der Waals surface area contributed by atoms with E-state index in [1.165, 1.54) is 0 Å². The predicted molar refractivity (Wildman–Crippen MR) is 142 cm³/mol. The van der Waals surface area contributed by atoms with Crippen molar-refractivity contribution in [2.75, 3.05) is 19.6 Å². The number of aliphatic hydroxyl groups excluding tert-OH is 1. The first-order valence-corrected chi connectivity index (χ1v) is 13.4. The summed E-state index contributed by atoms with van der Waals surface area (Å²) in [5.41, 5.74) is 4.54. The van der Waals surface area contributed by atoms with Gasteiger partial charge in [-0.25, -0.2) is 0 Å². The van der Waals surface area contributed by atoms with E-state index in [0.717, 1.165) is 13.1 Å². The lowest BCUT2D eigenvalue weighted by Crippen LogP contribution is -2.56. The predicted octanol–water partition coefficient (Wildman–Crippen LogP) is 0.151. The molecule has 5 amide bonds. The zero-order valence-electron chi connectivity index (χ0n) is 24.1. The molecule has 0 spiro atoms. The molecule has 3 aliphatic rings. The van der Waals surface area contributed by atoms with Crippen LogP contribution in [0.4, 0.5) is 0 Å². The summed E-state index contributed by atoms with van der Waals surface area (Å²) in [5.74, 6) is -0.0668. The molecule has 2 saturated heterocycles. The van der Waals surface area contributed by atoms with Crippen molar-refractivity contribution in [3.63, 3.8) is 0 Å². The molecule has 38 heavy (non-hydrogen) atoms. The van der Waals surface area contributed by atoms with Gasteiger partial charge < -0.3 is 31.7 Å². The van der Waals surface area contributed by atoms with Crippen LogP contribution in [0.1, 0.15) is 68.2 Å². The van der Waals surface area contributed by atoms with Crippen molar-refractivity contribution >= 4 is 30.0 Å². The Bertz CT molecular complexity index is 908. The maximum Gasteiger partial charge on any atom is 0.248 e. The van der Waals surface area contributed by atoms with Crippen molar-refractivity contribution in [1.29, 1.82) is 0 Å². The Labute approximate surface area is 226 Å². The van der Waals surface area contributed by atoms with Crippen LogP contribution in [0.15, 0.2) is 0 Å². The number of nitrogens with zero attached hydrogens (tertiary/aromatic N) is 1. The number of carbonyl (C=O) groups excluding carboxylic acids is 5. The van der Waals surface area contributed by atoms with E-state index in [1.54, 1.807) is 0 Å². The van der Waals surface area contributed by atoms with Crippen molar-refractivity contribution in [1.82, 2.24) is 20.9 Å². The lowest BCUT2D eigenvalue weighted by Gasteiger charge is -2.36. The first kappa shape index (κ1) is 31.5. The number of nitrogens with one attached hydrogen (secondary N) is 3. The Kier molecular flexibility index (Phi) is 9.62. The lowest BCUT2D eigenvalue weighted by molar-refractivity contribution is -0.141. The number of piperidine rings is 1. The summed E-state index contributed by atoms with van der Waals surface area (Å²) in [6.45, 7) is 18.5. The fourth-order valence-electron chi connectivity index (χ4n) is 5.24. The number of amides is 5. The molecule has 2 heterocycles. The normalized spacial score (nSPS) is 26.1. The maximum absolute atomic E-state index is 12.9. The van der Waals surface area contributed by atoms with Gasteiger partial charge >= 0.3 is 0 Å². The number of primary amides is 1. The number of carbonyl (C=O) groups is 5. The van der Waals surface area contributed by atoms with Gasteiger partial charge in [0.2, 0.25) is 30.0 Å². The summed E-state index contributed by atoms with van der Waals surface area (Å²) in [5, 5.41) is 17.4. The number of likely N-dealkylation sites (tertiary alicyclic amines) is 1. The highest BCUT2D eigenvalue weighted by atomic mass is 16.3. The molecule has 11 heteroatoms. The van der Waals surface area contributed by atoms with E-state index >= 15 is 0 Å². The molecular formula is C27H47N5O6. The van der Waals surface area contributed by atoms with Gasteiger partial charge in [0.05, 0.1) is 6.04 Å². The van der Waals surface area contributed by atoms with Crippen molar-refractivity contribution < 1.29 is 29.1 Å². The van der Waals surface area contributed by atoms with Gasteiger partial charge in [-0.2, -0.15) is 0 Å². The monoisotopic (exact) mass is 537 g/mol. The number of fused-ring (bicyclic) bond motifs is 1. The first-order valence-electron chi connectivity index (χ1n) is 13.4. The summed E-state index contributed by atoms with van der Waals surface area (Å²) in [6, 6.07) is -1.27. The highest BCUT2D eigenvalue weighted by molar-refractivity contribution is 5.90. The third-order valence-electron chi connectivity index (χ3n) is 8.16. The minimum atomic E-state index is -1.47. The van der Waals surface area contributed by atoms with Crippen LogP contribution in [-0.2, 0) is 24.0 Å². The average molecular weight is 538 g/mol. The van der Waals surface area contributed by atoms with Gasteiger partial charge in [0, 0.05) is 31.0 Å². The van der Waals surface area contributed by atoms with Gasteiger partial charge in [-0.1, -0.05) is 55.4 Å². The van der Waals surface area contributed by atoms with E-state index in [4.69, 9.17) is 5.73 Å². The maximum atomic E-state index is 12.9. The third kappa shape index (κ3) is 7.45. The molecule has 11 nitrogen and oxygen atoms in total. The highest BCUT2D eigenvalue weighted by Crippen LogP contribution is 2.62. The van der Waals surface area contributed by atoms with Gasteiger partial charge in [0.1, 0.15) is 6.04 Å². The fourth-order valence-corrected chi connectivity index (χ4v) is 5.24. The molecule has 0 bridgehead atoms. The molecule has 6 unspecified atom stereocenters. The van der Waals surface area contributed by atoms with E-state index in [0.29, 0.717) is 36.6 Å². The summed E-state index contributed by atoms with van der Waals surface area (Å²) in [6.07, 6.45) is -0.265. The molecular weight excluding hydrogens is 490 g/mol. The van der Waals surface area contributed by atoms with Crippen LogP contribution in [0, 0.1) is 34.0 Å². The Morgan fingerprint density at radius 3 is 2.11 bits per heavy atom. The zero-order valence-corrected chi connectivity index (χ0v) is 24.1. The van der Waals surface area contributed by atoms with Crippen LogP contribution in [-0.4, -0.2) is 77.9 Å². The average Bonchev–Trinajstić information content (AvgIpc) is 3.19. The quantitative estimate of drug-likeness (QED) is 0.276. The third-order valence-corrected chi connectivity index (χ3v) is 8.16. The number of hydrogen-bond donors (Lipinski definition) is 5. The van der Waals surface area contributed by atoms with E-state index in [1.807, 2.05) is 46.4 Å². The lowest BCUT2D eigenvalue weighted by atomic mass is 9.84. The molecule has 0 aromatic carbocycles. The van der Waals surface area contributed by atoms with E-state index in [2.05, 4.69) is 29.8 Å². The van der Waals surface area contributed by atoms with Gasteiger partial charge in [-0.3, -0.25) is 24.0 Å².